The van der Waals surface area contributed by atoms with Crippen molar-refractivity contribution in [1.82, 2.24) is 0 Å². The van der Waals surface area contributed by atoms with Gasteiger partial charge in [-0.1, -0.05) is 0 Å². The molecule has 0 saturated carbocycles. The van der Waals surface area contributed by atoms with Crippen LogP contribution in [-0.4, -0.2) is 16.9 Å². The Morgan fingerprint density at radius 2 is 1.69 bits per heavy atom. The maximum absolute atomic E-state index is 13.3. The highest BCUT2D eigenvalue weighted by Gasteiger charge is 2.08. The average molecular weight is 222 g/mol. The molecule has 0 aliphatic heterocycles. The fraction of sp³-hybridized carbons (Fsp3) is 0.167. The lowest BCUT2D eigenvalue weighted by atomic mass is 10.0. The number of aliphatic carboxylic acids is 1. The van der Waals surface area contributed by atoms with Gasteiger partial charge in [0.15, 0.2) is 5.78 Å². The fourth-order valence-electron chi connectivity index (χ4n) is 1.33. The molecule has 1 rings (SSSR count). The van der Waals surface area contributed by atoms with Crippen LogP contribution in [0.5, 0.6) is 0 Å². The molecule has 0 atom stereocenters. The number of rotatable bonds is 3. The van der Waals surface area contributed by atoms with Gasteiger partial charge in [-0.05, 0) is 43.2 Å². The number of hydrogen-bond donors (Lipinski definition) is 1. The first-order chi connectivity index (χ1) is 7.41. The summed E-state index contributed by atoms with van der Waals surface area (Å²) in [5.74, 6) is -1.99. The molecule has 1 aromatic carbocycles. The van der Waals surface area contributed by atoms with E-state index in [4.69, 9.17) is 5.11 Å². The molecule has 4 heteroatoms. The third-order valence-electron chi connectivity index (χ3n) is 2.10. The van der Waals surface area contributed by atoms with Crippen molar-refractivity contribution >= 4 is 11.8 Å². The molecule has 0 radical (unpaired) electrons. The Kier molecular flexibility index (Phi) is 3.55. The number of allylic oxidation sites excluding steroid dienone is 1. The molecule has 0 amide bonds. The van der Waals surface area contributed by atoms with Gasteiger partial charge in [-0.3, -0.25) is 4.79 Å². The molecule has 84 valence electrons. The molecule has 1 aromatic rings. The van der Waals surface area contributed by atoms with Crippen LogP contribution in [0.15, 0.2) is 24.3 Å². The minimum absolute atomic E-state index is 0.286. The van der Waals surface area contributed by atoms with Crippen molar-refractivity contribution in [2.24, 2.45) is 0 Å². The summed E-state index contributed by atoms with van der Waals surface area (Å²) < 4.78 is 13.3. The van der Waals surface area contributed by atoms with Gasteiger partial charge in [0, 0.05) is 11.6 Å². The number of carboxylic acid groups (broad SMARTS) is 1. The number of aryl methyl sites for hydroxylation is 2. The van der Waals surface area contributed by atoms with Crippen LogP contribution < -0.4 is 0 Å². The maximum atomic E-state index is 13.3. The number of carbonyl (C=O) groups is 2. The Morgan fingerprint density at radius 1 is 1.19 bits per heavy atom. The van der Waals surface area contributed by atoms with E-state index in [9.17, 15) is 14.0 Å². The Hall–Kier alpha value is -1.97. The number of benzene rings is 1. The van der Waals surface area contributed by atoms with E-state index in [-0.39, 0.29) is 11.4 Å². The zero-order valence-electron chi connectivity index (χ0n) is 8.95. The van der Waals surface area contributed by atoms with Crippen LogP contribution in [0.2, 0.25) is 0 Å². The van der Waals surface area contributed by atoms with Crippen LogP contribution in [-0.2, 0) is 4.79 Å². The van der Waals surface area contributed by atoms with E-state index in [1.807, 2.05) is 0 Å². The highest BCUT2D eigenvalue weighted by Crippen LogP contribution is 2.15. The predicted octanol–water partition coefficient (Wildman–Crippen LogP) is 2.27. The molecule has 0 spiro atoms. The molecule has 0 aliphatic carbocycles. The molecule has 0 bridgehead atoms. The van der Waals surface area contributed by atoms with Crippen molar-refractivity contribution in [3.63, 3.8) is 0 Å². The predicted molar refractivity (Wildman–Crippen MR) is 57.0 cm³/mol. The molecule has 0 aliphatic rings. The maximum Gasteiger partial charge on any atom is 0.328 e. The van der Waals surface area contributed by atoms with Gasteiger partial charge in [-0.2, -0.15) is 0 Å². The van der Waals surface area contributed by atoms with Gasteiger partial charge in [0.05, 0.1) is 0 Å². The molecule has 1 N–H and O–H groups in total. The lowest BCUT2D eigenvalue weighted by Crippen LogP contribution is -2.00. The minimum atomic E-state index is -1.19. The summed E-state index contributed by atoms with van der Waals surface area (Å²) in [6.07, 6.45) is 1.71. The standard InChI is InChI=1S/C12H11FO3/c1-7-5-9(6-8(2)12(7)13)10(14)3-4-11(15)16/h3-6H,1-2H3,(H,15,16). The molecule has 0 saturated heterocycles. The largest absolute Gasteiger partial charge is 0.478 e. The zero-order valence-corrected chi connectivity index (χ0v) is 8.95. The smallest absolute Gasteiger partial charge is 0.328 e. The summed E-state index contributed by atoms with van der Waals surface area (Å²) in [6, 6.07) is 2.80. The molecule has 0 unspecified atom stereocenters. The van der Waals surface area contributed by atoms with Gasteiger partial charge in [0.1, 0.15) is 5.82 Å². The summed E-state index contributed by atoms with van der Waals surface area (Å²) in [5, 5.41) is 8.36. The Labute approximate surface area is 92.2 Å². The first kappa shape index (κ1) is 12.1. The summed E-state index contributed by atoms with van der Waals surface area (Å²) >= 11 is 0. The number of ketones is 1. The average Bonchev–Trinajstić information content (AvgIpc) is 2.21. The highest BCUT2D eigenvalue weighted by atomic mass is 19.1. The Bertz CT molecular complexity index is 452. The van der Waals surface area contributed by atoms with Crippen molar-refractivity contribution in [2.75, 3.05) is 0 Å². The van der Waals surface area contributed by atoms with Crippen LogP contribution >= 0.6 is 0 Å². The minimum Gasteiger partial charge on any atom is -0.478 e. The van der Waals surface area contributed by atoms with Crippen molar-refractivity contribution in [3.05, 3.63) is 46.8 Å². The van der Waals surface area contributed by atoms with Crippen molar-refractivity contribution in [2.45, 2.75) is 13.8 Å². The van der Waals surface area contributed by atoms with Crippen molar-refractivity contribution < 1.29 is 19.1 Å². The topological polar surface area (TPSA) is 54.4 Å². The van der Waals surface area contributed by atoms with Gasteiger partial charge < -0.3 is 5.11 Å². The van der Waals surface area contributed by atoms with E-state index in [1.54, 1.807) is 13.8 Å². The van der Waals surface area contributed by atoms with Crippen LogP contribution in [0.4, 0.5) is 4.39 Å². The Morgan fingerprint density at radius 3 is 2.12 bits per heavy atom. The second kappa shape index (κ2) is 4.70. The highest BCUT2D eigenvalue weighted by molar-refractivity contribution is 6.07. The van der Waals surface area contributed by atoms with Crippen LogP contribution in [0.25, 0.3) is 0 Å². The van der Waals surface area contributed by atoms with Gasteiger partial charge in [0.2, 0.25) is 0 Å². The second-order valence-electron chi connectivity index (χ2n) is 3.46. The van der Waals surface area contributed by atoms with E-state index >= 15 is 0 Å². The van der Waals surface area contributed by atoms with Gasteiger partial charge in [-0.25, -0.2) is 9.18 Å². The number of halogens is 1. The molecule has 3 nitrogen and oxygen atoms in total. The molecule has 0 heterocycles. The second-order valence-corrected chi connectivity index (χ2v) is 3.46. The summed E-state index contributed by atoms with van der Waals surface area (Å²) in [4.78, 5) is 21.7. The SMILES string of the molecule is Cc1cc(C(=O)C=CC(=O)O)cc(C)c1F. The van der Waals surface area contributed by atoms with Gasteiger partial charge >= 0.3 is 5.97 Å². The number of carbonyl (C=O) groups excluding carboxylic acids is 1. The van der Waals surface area contributed by atoms with E-state index in [1.165, 1.54) is 12.1 Å². The van der Waals surface area contributed by atoms with Gasteiger partial charge in [0.25, 0.3) is 0 Å². The van der Waals surface area contributed by atoms with Crippen LogP contribution in [0.3, 0.4) is 0 Å². The van der Waals surface area contributed by atoms with Gasteiger partial charge in [-0.15, -0.1) is 0 Å². The normalized spacial score (nSPS) is 10.7. The number of carboxylic acids is 1. The quantitative estimate of drug-likeness (QED) is 0.630. The summed E-state index contributed by atoms with van der Waals surface area (Å²) in [7, 11) is 0. The summed E-state index contributed by atoms with van der Waals surface area (Å²) in [5.41, 5.74) is 1.02. The van der Waals surface area contributed by atoms with E-state index in [0.717, 1.165) is 12.2 Å². The third-order valence-corrected chi connectivity index (χ3v) is 2.10. The Balaban J connectivity index is 3.06. The third kappa shape index (κ3) is 2.76. The first-order valence-electron chi connectivity index (χ1n) is 4.64. The van der Waals surface area contributed by atoms with E-state index < -0.39 is 11.8 Å². The lowest BCUT2D eigenvalue weighted by Gasteiger charge is -2.03. The van der Waals surface area contributed by atoms with Crippen LogP contribution in [0, 0.1) is 19.7 Å². The van der Waals surface area contributed by atoms with E-state index in [0.29, 0.717) is 11.1 Å². The first-order valence-corrected chi connectivity index (χ1v) is 4.64. The van der Waals surface area contributed by atoms with E-state index in [2.05, 4.69) is 0 Å². The summed E-state index contributed by atoms with van der Waals surface area (Å²) in [6.45, 7) is 3.11. The monoisotopic (exact) mass is 222 g/mol. The zero-order chi connectivity index (χ0) is 12.3. The van der Waals surface area contributed by atoms with Crippen LogP contribution in [0.1, 0.15) is 21.5 Å². The lowest BCUT2D eigenvalue weighted by molar-refractivity contribution is -0.131. The molecule has 0 aromatic heterocycles. The van der Waals surface area contributed by atoms with Crippen molar-refractivity contribution in [1.29, 1.82) is 0 Å². The van der Waals surface area contributed by atoms with Crippen molar-refractivity contribution in [3.8, 4) is 0 Å². The molecule has 0 fully saturated rings. The molecular weight excluding hydrogens is 211 g/mol. The molecular formula is C12H11FO3. The number of hydrogen-bond acceptors (Lipinski definition) is 2. The molecule has 16 heavy (non-hydrogen) atoms. The fourth-order valence-corrected chi connectivity index (χ4v) is 1.33.